The minimum Gasteiger partial charge on any atom is -0.348 e. The summed E-state index contributed by atoms with van der Waals surface area (Å²) in [5, 5.41) is 7.09. The maximum Gasteiger partial charge on any atom is 0.252 e. The average molecular weight is 345 g/mol. The number of aromatic amines is 2. The lowest BCUT2D eigenvalue weighted by Crippen LogP contribution is -2.34. The highest BCUT2D eigenvalue weighted by atomic mass is 16.1. The van der Waals surface area contributed by atoms with Crippen LogP contribution in [0.2, 0.25) is 0 Å². The van der Waals surface area contributed by atoms with E-state index in [1.54, 1.807) is 6.07 Å². The Morgan fingerprint density at radius 2 is 2.16 bits per heavy atom. The predicted molar refractivity (Wildman–Crippen MR) is 97.7 cm³/mol. The number of likely N-dealkylation sites (N-methyl/N-ethyl adjacent to an activating group) is 1. The molecule has 2 aromatic heterocycles. The molecule has 1 aliphatic rings. The van der Waals surface area contributed by atoms with Gasteiger partial charge in [0.1, 0.15) is 0 Å². The van der Waals surface area contributed by atoms with Gasteiger partial charge in [0.2, 0.25) is 5.95 Å². The Bertz CT molecular complexity index is 766. The lowest BCUT2D eigenvalue weighted by atomic mass is 10.2. The van der Waals surface area contributed by atoms with Gasteiger partial charge in [0.05, 0.1) is 11.9 Å². The van der Waals surface area contributed by atoms with Crippen molar-refractivity contribution in [2.24, 2.45) is 0 Å². The molecule has 0 bridgehead atoms. The van der Waals surface area contributed by atoms with Crippen LogP contribution in [0.25, 0.3) is 0 Å². The quantitative estimate of drug-likeness (QED) is 0.796. The van der Waals surface area contributed by atoms with Gasteiger partial charge in [0, 0.05) is 63.6 Å². The van der Waals surface area contributed by atoms with E-state index in [2.05, 4.69) is 43.9 Å². The Kier molecular flexibility index (Phi) is 5.19. The molecular formula is C17H27N7O. The Morgan fingerprint density at radius 1 is 1.36 bits per heavy atom. The van der Waals surface area contributed by atoms with Gasteiger partial charge >= 0.3 is 0 Å². The molecule has 1 fully saturated rings. The third-order valence-corrected chi connectivity index (χ3v) is 4.82. The topological polar surface area (TPSA) is 84.2 Å². The van der Waals surface area contributed by atoms with Crippen LogP contribution in [0.4, 0.5) is 5.95 Å². The molecule has 0 spiro atoms. The smallest absolute Gasteiger partial charge is 0.252 e. The summed E-state index contributed by atoms with van der Waals surface area (Å²) >= 11 is 0. The molecule has 0 radical (unpaired) electrons. The van der Waals surface area contributed by atoms with Crippen LogP contribution in [0, 0.1) is 6.92 Å². The summed E-state index contributed by atoms with van der Waals surface area (Å²) in [6.07, 6.45) is 3.03. The molecule has 0 amide bonds. The fourth-order valence-electron chi connectivity index (χ4n) is 3.26. The van der Waals surface area contributed by atoms with Crippen LogP contribution in [0.5, 0.6) is 0 Å². The van der Waals surface area contributed by atoms with Crippen LogP contribution in [0.1, 0.15) is 23.4 Å². The van der Waals surface area contributed by atoms with Gasteiger partial charge in [-0.25, -0.2) is 4.98 Å². The number of aromatic nitrogens is 4. The fraction of sp³-hybridized carbons (Fsp3) is 0.588. The maximum atomic E-state index is 11.8. The molecule has 136 valence electrons. The number of hydrogen-bond donors (Lipinski definition) is 2. The Balaban J connectivity index is 1.60. The van der Waals surface area contributed by atoms with Crippen LogP contribution in [0.3, 0.4) is 0 Å². The fourth-order valence-corrected chi connectivity index (χ4v) is 3.26. The Morgan fingerprint density at radius 3 is 2.84 bits per heavy atom. The van der Waals surface area contributed by atoms with E-state index in [0.29, 0.717) is 18.5 Å². The van der Waals surface area contributed by atoms with Gasteiger partial charge in [-0.05, 0) is 20.4 Å². The molecule has 3 rings (SSSR count). The van der Waals surface area contributed by atoms with Crippen LogP contribution < -0.4 is 10.5 Å². The van der Waals surface area contributed by atoms with Gasteiger partial charge in [-0.15, -0.1) is 0 Å². The molecule has 2 aromatic rings. The van der Waals surface area contributed by atoms with Crippen LogP contribution in [0.15, 0.2) is 17.1 Å². The van der Waals surface area contributed by atoms with E-state index in [4.69, 9.17) is 0 Å². The molecule has 0 saturated carbocycles. The molecule has 2 N–H and O–H groups in total. The highest BCUT2D eigenvalue weighted by Crippen LogP contribution is 2.19. The first kappa shape index (κ1) is 17.6. The lowest BCUT2D eigenvalue weighted by Gasteiger charge is -2.24. The zero-order valence-electron chi connectivity index (χ0n) is 15.4. The van der Waals surface area contributed by atoms with E-state index >= 15 is 0 Å². The summed E-state index contributed by atoms with van der Waals surface area (Å²) in [7, 11) is 5.85. The highest BCUT2D eigenvalue weighted by molar-refractivity contribution is 5.27. The van der Waals surface area contributed by atoms with Crippen LogP contribution >= 0.6 is 0 Å². The van der Waals surface area contributed by atoms with E-state index in [9.17, 15) is 4.79 Å². The molecule has 8 heteroatoms. The minimum absolute atomic E-state index is 0.106. The average Bonchev–Trinajstić information content (AvgIpc) is 3.17. The molecule has 1 aliphatic heterocycles. The molecule has 25 heavy (non-hydrogen) atoms. The maximum absolute atomic E-state index is 11.8. The predicted octanol–water partition coefficient (Wildman–Crippen LogP) is 0.574. The van der Waals surface area contributed by atoms with Gasteiger partial charge in [-0.2, -0.15) is 5.10 Å². The summed E-state index contributed by atoms with van der Waals surface area (Å²) in [6, 6.07) is 2.06. The van der Waals surface area contributed by atoms with Gasteiger partial charge in [-0.3, -0.25) is 24.7 Å². The number of likely N-dealkylation sites (tertiary alicyclic amines) is 1. The van der Waals surface area contributed by atoms with E-state index in [1.807, 2.05) is 25.2 Å². The normalized spacial score (nSPS) is 18.2. The van der Waals surface area contributed by atoms with Crippen molar-refractivity contribution in [3.63, 3.8) is 0 Å². The van der Waals surface area contributed by atoms with Gasteiger partial charge < -0.3 is 4.90 Å². The van der Waals surface area contributed by atoms with E-state index in [0.717, 1.165) is 37.4 Å². The van der Waals surface area contributed by atoms with Crippen molar-refractivity contribution in [1.29, 1.82) is 0 Å². The third kappa shape index (κ3) is 4.26. The van der Waals surface area contributed by atoms with Gasteiger partial charge in [-0.1, -0.05) is 0 Å². The van der Waals surface area contributed by atoms with E-state index < -0.39 is 0 Å². The summed E-state index contributed by atoms with van der Waals surface area (Å²) in [5.74, 6) is 0.597. The first-order valence-corrected chi connectivity index (χ1v) is 8.61. The van der Waals surface area contributed by atoms with Crippen LogP contribution in [-0.4, -0.2) is 70.2 Å². The van der Waals surface area contributed by atoms with Crippen molar-refractivity contribution < 1.29 is 0 Å². The Hall–Kier alpha value is -2.19. The van der Waals surface area contributed by atoms with Crippen molar-refractivity contribution in [2.75, 3.05) is 39.1 Å². The third-order valence-electron chi connectivity index (χ3n) is 4.82. The zero-order valence-corrected chi connectivity index (χ0v) is 15.4. The number of H-pyrrole nitrogens is 2. The molecule has 8 nitrogen and oxygen atoms in total. The second-order valence-corrected chi connectivity index (χ2v) is 7.07. The monoisotopic (exact) mass is 345 g/mol. The van der Waals surface area contributed by atoms with Crippen LogP contribution in [-0.2, 0) is 13.1 Å². The van der Waals surface area contributed by atoms with Crippen molar-refractivity contribution in [2.45, 2.75) is 32.5 Å². The molecule has 3 heterocycles. The number of aryl methyl sites for hydroxylation is 1. The molecular weight excluding hydrogens is 318 g/mol. The lowest BCUT2D eigenvalue weighted by molar-refractivity contribution is 0.220. The first-order chi connectivity index (χ1) is 11.9. The molecule has 1 saturated heterocycles. The molecule has 0 aromatic carbocycles. The molecule has 1 atom stereocenters. The second-order valence-electron chi connectivity index (χ2n) is 7.07. The summed E-state index contributed by atoms with van der Waals surface area (Å²) in [6.45, 7) is 5.76. The first-order valence-electron chi connectivity index (χ1n) is 8.61. The van der Waals surface area contributed by atoms with Crippen molar-refractivity contribution in [1.82, 2.24) is 30.0 Å². The van der Waals surface area contributed by atoms with E-state index in [-0.39, 0.29) is 5.56 Å². The SMILES string of the molecule is Cc1[nH]ncc1CN1CCC(N(C)Cc2cc(=O)[nH]c(N(C)C)n2)C1. The molecule has 0 aliphatic carbocycles. The standard InChI is InChI=1S/C17H27N7O/c1-12-13(8-18-21-12)9-24-6-5-15(11-24)23(4)10-14-7-16(25)20-17(19-14)22(2)3/h7-8,15H,5-6,9-11H2,1-4H3,(H,18,21)(H,19,20,25). The number of nitrogens with zero attached hydrogens (tertiary/aromatic N) is 5. The van der Waals surface area contributed by atoms with Crippen molar-refractivity contribution in [3.05, 3.63) is 39.6 Å². The summed E-state index contributed by atoms with van der Waals surface area (Å²) < 4.78 is 0. The number of rotatable bonds is 6. The number of anilines is 1. The van der Waals surface area contributed by atoms with Crippen molar-refractivity contribution in [3.8, 4) is 0 Å². The Labute approximate surface area is 147 Å². The second kappa shape index (κ2) is 7.37. The number of nitrogens with one attached hydrogen (secondary N) is 2. The van der Waals surface area contributed by atoms with Gasteiger partial charge in [0.15, 0.2) is 0 Å². The minimum atomic E-state index is -0.106. The number of hydrogen-bond acceptors (Lipinski definition) is 6. The summed E-state index contributed by atoms with van der Waals surface area (Å²) in [5.41, 5.74) is 3.10. The zero-order chi connectivity index (χ0) is 18.0. The van der Waals surface area contributed by atoms with Gasteiger partial charge in [0.25, 0.3) is 5.56 Å². The highest BCUT2D eigenvalue weighted by Gasteiger charge is 2.26. The van der Waals surface area contributed by atoms with Crippen molar-refractivity contribution >= 4 is 5.95 Å². The van der Waals surface area contributed by atoms with E-state index in [1.165, 1.54) is 5.56 Å². The largest absolute Gasteiger partial charge is 0.348 e. The molecule has 1 unspecified atom stereocenters. The summed E-state index contributed by atoms with van der Waals surface area (Å²) in [4.78, 5) is 25.7.